The molecule has 1 aliphatic rings. The summed E-state index contributed by atoms with van der Waals surface area (Å²) in [6, 6.07) is 0. The fraction of sp³-hybridized carbons (Fsp3) is 0.462. The average Bonchev–Trinajstić information content (AvgIpc) is 3.13. The van der Waals surface area contributed by atoms with Crippen LogP contribution >= 0.6 is 11.3 Å². The van der Waals surface area contributed by atoms with Crippen LogP contribution in [0, 0.1) is 6.92 Å². The van der Waals surface area contributed by atoms with Crippen LogP contribution in [0.25, 0.3) is 0 Å². The fourth-order valence-electron chi connectivity index (χ4n) is 2.34. The van der Waals surface area contributed by atoms with E-state index in [1.54, 1.807) is 24.0 Å². The standard InChI is InChI=1S/C13H17N5O2S/c1-8-11(21-13(14)16-8)12(19)17-9-5-15-18(6-9)7-10-3-2-4-20-10/h5-6,10H,2-4,7H2,1H3,(H2,14,16)(H,17,19). The second-order valence-electron chi connectivity index (χ2n) is 5.01. The number of carbonyl (C=O) groups is 1. The lowest BCUT2D eigenvalue weighted by Gasteiger charge is -2.08. The number of aryl methyl sites for hydroxylation is 1. The summed E-state index contributed by atoms with van der Waals surface area (Å²) in [6.45, 7) is 3.30. The SMILES string of the molecule is Cc1nc(N)sc1C(=O)Nc1cnn(CC2CCCO2)c1. The first-order valence-electron chi connectivity index (χ1n) is 6.80. The summed E-state index contributed by atoms with van der Waals surface area (Å²) in [5.74, 6) is -0.210. The number of rotatable bonds is 4. The van der Waals surface area contributed by atoms with Gasteiger partial charge in [0.25, 0.3) is 5.91 Å². The molecule has 1 aliphatic heterocycles. The van der Waals surface area contributed by atoms with Crippen LogP contribution in [-0.4, -0.2) is 33.4 Å². The van der Waals surface area contributed by atoms with Crippen LogP contribution < -0.4 is 11.1 Å². The van der Waals surface area contributed by atoms with Crippen LogP contribution in [0.15, 0.2) is 12.4 Å². The Labute approximate surface area is 126 Å². The number of aromatic nitrogens is 3. The van der Waals surface area contributed by atoms with Crippen molar-refractivity contribution in [3.05, 3.63) is 23.0 Å². The molecule has 0 aromatic carbocycles. The molecule has 0 spiro atoms. The van der Waals surface area contributed by atoms with Crippen molar-refractivity contribution in [3.63, 3.8) is 0 Å². The van der Waals surface area contributed by atoms with Gasteiger partial charge in [0.05, 0.1) is 30.2 Å². The van der Waals surface area contributed by atoms with Crippen LogP contribution in [0.3, 0.4) is 0 Å². The minimum absolute atomic E-state index is 0.210. The number of nitrogen functional groups attached to an aromatic ring is 1. The van der Waals surface area contributed by atoms with Crippen LogP contribution in [0.5, 0.6) is 0 Å². The third-order valence-corrected chi connectivity index (χ3v) is 4.31. The monoisotopic (exact) mass is 307 g/mol. The van der Waals surface area contributed by atoms with Crippen molar-refractivity contribution in [1.29, 1.82) is 0 Å². The van der Waals surface area contributed by atoms with E-state index in [9.17, 15) is 4.79 Å². The molecule has 112 valence electrons. The molecule has 1 amide bonds. The molecule has 8 heteroatoms. The Bertz CT molecular complexity index is 645. The van der Waals surface area contributed by atoms with Crippen LogP contribution in [-0.2, 0) is 11.3 Å². The Hall–Kier alpha value is -1.93. The highest BCUT2D eigenvalue weighted by Crippen LogP contribution is 2.21. The van der Waals surface area contributed by atoms with E-state index in [0.29, 0.717) is 27.9 Å². The first-order chi connectivity index (χ1) is 10.1. The molecule has 0 aliphatic carbocycles. The number of amides is 1. The average molecular weight is 307 g/mol. The van der Waals surface area contributed by atoms with Gasteiger partial charge in [-0.1, -0.05) is 11.3 Å². The van der Waals surface area contributed by atoms with Gasteiger partial charge in [0.1, 0.15) is 4.88 Å². The molecule has 1 fully saturated rings. The molecule has 2 aromatic heterocycles. The van der Waals surface area contributed by atoms with E-state index in [4.69, 9.17) is 10.5 Å². The number of thiazole rings is 1. The van der Waals surface area contributed by atoms with Crippen molar-refractivity contribution in [3.8, 4) is 0 Å². The topological polar surface area (TPSA) is 95.1 Å². The summed E-state index contributed by atoms with van der Waals surface area (Å²) in [4.78, 5) is 16.7. The molecule has 0 radical (unpaired) electrons. The summed E-state index contributed by atoms with van der Waals surface area (Å²) < 4.78 is 7.36. The second kappa shape index (κ2) is 5.82. The summed E-state index contributed by atoms with van der Waals surface area (Å²) in [6.07, 6.45) is 5.81. The zero-order chi connectivity index (χ0) is 14.8. The lowest BCUT2D eigenvalue weighted by molar-refractivity contribution is 0.0940. The van der Waals surface area contributed by atoms with Crippen molar-refractivity contribution in [2.45, 2.75) is 32.4 Å². The molecule has 2 aromatic rings. The van der Waals surface area contributed by atoms with E-state index < -0.39 is 0 Å². The number of hydrogen-bond donors (Lipinski definition) is 2. The number of nitrogens with one attached hydrogen (secondary N) is 1. The van der Waals surface area contributed by atoms with Crippen molar-refractivity contribution < 1.29 is 9.53 Å². The molecular weight excluding hydrogens is 290 g/mol. The van der Waals surface area contributed by atoms with Crippen molar-refractivity contribution >= 4 is 28.1 Å². The molecule has 1 atom stereocenters. The van der Waals surface area contributed by atoms with Gasteiger partial charge in [-0.2, -0.15) is 5.10 Å². The molecular formula is C13H17N5O2S. The van der Waals surface area contributed by atoms with Gasteiger partial charge in [0.2, 0.25) is 0 Å². The van der Waals surface area contributed by atoms with E-state index in [-0.39, 0.29) is 12.0 Å². The Morgan fingerprint density at radius 2 is 2.52 bits per heavy atom. The fourth-order valence-corrected chi connectivity index (χ4v) is 3.07. The van der Waals surface area contributed by atoms with Gasteiger partial charge in [0, 0.05) is 12.8 Å². The van der Waals surface area contributed by atoms with E-state index in [2.05, 4.69) is 15.4 Å². The third-order valence-electron chi connectivity index (χ3n) is 3.33. The van der Waals surface area contributed by atoms with Gasteiger partial charge in [-0.15, -0.1) is 0 Å². The molecule has 0 saturated carbocycles. The number of carbonyl (C=O) groups excluding carboxylic acids is 1. The lowest BCUT2D eigenvalue weighted by Crippen LogP contribution is -2.15. The van der Waals surface area contributed by atoms with E-state index in [1.807, 2.05) is 0 Å². The molecule has 3 heterocycles. The Morgan fingerprint density at radius 3 is 3.19 bits per heavy atom. The molecule has 1 saturated heterocycles. The van der Waals surface area contributed by atoms with Crippen molar-refractivity contribution in [1.82, 2.24) is 14.8 Å². The largest absolute Gasteiger partial charge is 0.376 e. The molecule has 0 bridgehead atoms. The van der Waals surface area contributed by atoms with Gasteiger partial charge < -0.3 is 15.8 Å². The van der Waals surface area contributed by atoms with E-state index >= 15 is 0 Å². The lowest BCUT2D eigenvalue weighted by atomic mass is 10.2. The number of hydrogen-bond acceptors (Lipinski definition) is 6. The number of nitrogens with zero attached hydrogens (tertiary/aromatic N) is 3. The second-order valence-corrected chi connectivity index (χ2v) is 6.04. The minimum Gasteiger partial charge on any atom is -0.376 e. The van der Waals surface area contributed by atoms with E-state index in [0.717, 1.165) is 19.4 Å². The van der Waals surface area contributed by atoms with Gasteiger partial charge in [-0.05, 0) is 19.8 Å². The third kappa shape index (κ3) is 3.22. The zero-order valence-electron chi connectivity index (χ0n) is 11.7. The number of ether oxygens (including phenoxy) is 1. The zero-order valence-corrected chi connectivity index (χ0v) is 12.5. The van der Waals surface area contributed by atoms with Crippen molar-refractivity contribution in [2.24, 2.45) is 0 Å². The van der Waals surface area contributed by atoms with Crippen LogP contribution in [0.1, 0.15) is 28.2 Å². The maximum absolute atomic E-state index is 12.1. The smallest absolute Gasteiger partial charge is 0.267 e. The first-order valence-corrected chi connectivity index (χ1v) is 7.62. The van der Waals surface area contributed by atoms with Crippen LogP contribution in [0.2, 0.25) is 0 Å². The maximum atomic E-state index is 12.1. The van der Waals surface area contributed by atoms with Gasteiger partial charge >= 0.3 is 0 Å². The van der Waals surface area contributed by atoms with Crippen molar-refractivity contribution in [2.75, 3.05) is 17.7 Å². The molecule has 7 nitrogen and oxygen atoms in total. The summed E-state index contributed by atoms with van der Waals surface area (Å²) >= 11 is 1.18. The highest BCUT2D eigenvalue weighted by molar-refractivity contribution is 7.17. The Kier molecular flexibility index (Phi) is 3.89. The predicted molar refractivity (Wildman–Crippen MR) is 80.4 cm³/mol. The molecule has 1 unspecified atom stereocenters. The number of anilines is 2. The molecule has 3 N–H and O–H groups in total. The Balaban J connectivity index is 1.63. The summed E-state index contributed by atoms with van der Waals surface area (Å²) in [5.41, 5.74) is 6.90. The first kappa shape index (κ1) is 14.0. The van der Waals surface area contributed by atoms with Gasteiger partial charge in [-0.25, -0.2) is 4.98 Å². The van der Waals surface area contributed by atoms with Gasteiger partial charge in [-0.3, -0.25) is 9.48 Å². The van der Waals surface area contributed by atoms with Crippen LogP contribution in [0.4, 0.5) is 10.8 Å². The molecule has 3 rings (SSSR count). The maximum Gasteiger partial charge on any atom is 0.267 e. The summed E-state index contributed by atoms with van der Waals surface area (Å²) in [5, 5.41) is 7.44. The minimum atomic E-state index is -0.210. The molecule has 21 heavy (non-hydrogen) atoms. The normalized spacial score (nSPS) is 18.0. The van der Waals surface area contributed by atoms with Gasteiger partial charge in [0.15, 0.2) is 5.13 Å². The summed E-state index contributed by atoms with van der Waals surface area (Å²) in [7, 11) is 0. The van der Waals surface area contributed by atoms with E-state index in [1.165, 1.54) is 11.3 Å². The highest BCUT2D eigenvalue weighted by Gasteiger charge is 2.18. The number of nitrogens with two attached hydrogens (primary N) is 1. The predicted octanol–water partition coefficient (Wildman–Crippen LogP) is 1.66. The highest BCUT2D eigenvalue weighted by atomic mass is 32.1. The Morgan fingerprint density at radius 1 is 1.67 bits per heavy atom. The quantitative estimate of drug-likeness (QED) is 0.895.